The number of aliphatic imine (C=N–C) groups is 1. The van der Waals surface area contributed by atoms with Crippen molar-refractivity contribution in [2.24, 2.45) is 4.99 Å². The smallest absolute Gasteiger partial charge is 0.283 e. The molecule has 5 nitrogen and oxygen atoms in total. The first kappa shape index (κ1) is 6.66. The first-order valence-electron chi connectivity index (χ1n) is 2.50. The molecule has 54 valence electrons. The molecular formula is C4H4FN3O2. The Morgan fingerprint density at radius 3 is 3.00 bits per heavy atom. The Kier molecular flexibility index (Phi) is 1.61. The predicted octanol–water partition coefficient (Wildman–Crippen LogP) is 0.0332. The van der Waals surface area contributed by atoms with E-state index in [0.29, 0.717) is 0 Å². The number of amidine groups is 1. The molecule has 0 aromatic carbocycles. The molecule has 0 fully saturated rings. The monoisotopic (exact) mass is 145 g/mol. The number of nitrogens with one attached hydrogen (secondary N) is 1. The van der Waals surface area contributed by atoms with Crippen molar-refractivity contribution in [1.82, 2.24) is 5.32 Å². The average molecular weight is 145 g/mol. The van der Waals surface area contributed by atoms with E-state index in [-0.39, 0.29) is 12.2 Å². The first-order chi connectivity index (χ1) is 4.70. The van der Waals surface area contributed by atoms with Gasteiger partial charge in [0.2, 0.25) is 0 Å². The molecule has 0 saturated carbocycles. The molecule has 0 aromatic rings. The third-order valence-corrected chi connectivity index (χ3v) is 0.972. The maximum Gasteiger partial charge on any atom is 0.283 e. The lowest BCUT2D eigenvalue weighted by Crippen LogP contribution is -2.21. The predicted molar refractivity (Wildman–Crippen MR) is 31.6 cm³/mol. The summed E-state index contributed by atoms with van der Waals surface area (Å²) >= 11 is 0. The van der Waals surface area contributed by atoms with Gasteiger partial charge in [0.05, 0.1) is 11.1 Å². The number of nitro groups is 1. The second-order valence-electron chi connectivity index (χ2n) is 1.64. The molecule has 1 aliphatic rings. The zero-order chi connectivity index (χ0) is 7.56. The molecule has 0 bridgehead atoms. The van der Waals surface area contributed by atoms with Gasteiger partial charge in [0, 0.05) is 0 Å². The molecular weight excluding hydrogens is 141 g/mol. The average Bonchev–Trinajstić information content (AvgIpc) is 1.88. The molecule has 1 aliphatic heterocycles. The fourth-order valence-corrected chi connectivity index (χ4v) is 0.495. The Morgan fingerprint density at radius 1 is 1.90 bits per heavy atom. The highest BCUT2D eigenvalue weighted by atomic mass is 19.1. The zero-order valence-corrected chi connectivity index (χ0v) is 4.87. The summed E-state index contributed by atoms with van der Waals surface area (Å²) < 4.78 is 12.0. The minimum atomic E-state index is -0.786. The largest absolute Gasteiger partial charge is 0.317 e. The third-order valence-electron chi connectivity index (χ3n) is 0.972. The summed E-state index contributed by atoms with van der Waals surface area (Å²) in [4.78, 5) is 12.5. The lowest BCUT2D eigenvalue weighted by Gasteiger charge is -2.01. The summed E-state index contributed by atoms with van der Waals surface area (Å²) in [6, 6.07) is 0. The van der Waals surface area contributed by atoms with E-state index in [0.717, 1.165) is 6.20 Å². The van der Waals surface area contributed by atoms with E-state index in [2.05, 4.69) is 4.99 Å². The van der Waals surface area contributed by atoms with Gasteiger partial charge in [0.25, 0.3) is 11.8 Å². The van der Waals surface area contributed by atoms with Gasteiger partial charge >= 0.3 is 0 Å². The molecule has 0 aliphatic carbocycles. The molecule has 0 radical (unpaired) electrons. The minimum absolute atomic E-state index is 0.138. The van der Waals surface area contributed by atoms with Gasteiger partial charge in [-0.2, -0.15) is 4.39 Å². The van der Waals surface area contributed by atoms with Crippen LogP contribution in [0.1, 0.15) is 0 Å². The minimum Gasteiger partial charge on any atom is -0.317 e. The fourth-order valence-electron chi connectivity index (χ4n) is 0.495. The zero-order valence-electron chi connectivity index (χ0n) is 4.87. The van der Waals surface area contributed by atoms with E-state index >= 15 is 0 Å². The molecule has 1 rings (SSSR count). The number of hydrogen-bond donors (Lipinski definition) is 1. The van der Waals surface area contributed by atoms with Gasteiger partial charge in [-0.3, -0.25) is 10.1 Å². The third kappa shape index (κ3) is 1.28. The number of rotatable bonds is 1. The Balaban J connectivity index is 2.62. The van der Waals surface area contributed by atoms with Crippen molar-refractivity contribution in [1.29, 1.82) is 0 Å². The van der Waals surface area contributed by atoms with E-state index in [9.17, 15) is 14.5 Å². The molecule has 0 unspecified atom stereocenters. The van der Waals surface area contributed by atoms with Crippen LogP contribution in [0.5, 0.6) is 0 Å². The maximum atomic E-state index is 12.0. The summed E-state index contributed by atoms with van der Waals surface area (Å²) in [7, 11) is 0. The molecule has 0 atom stereocenters. The van der Waals surface area contributed by atoms with Gasteiger partial charge < -0.3 is 5.32 Å². The topological polar surface area (TPSA) is 67.5 Å². The molecule has 0 aromatic heterocycles. The van der Waals surface area contributed by atoms with Crippen LogP contribution in [0.4, 0.5) is 4.39 Å². The lowest BCUT2D eigenvalue weighted by atomic mass is 10.4. The molecule has 10 heavy (non-hydrogen) atoms. The second-order valence-corrected chi connectivity index (χ2v) is 1.64. The van der Waals surface area contributed by atoms with Crippen molar-refractivity contribution in [3.63, 3.8) is 0 Å². The van der Waals surface area contributed by atoms with Gasteiger partial charge in [0.15, 0.2) is 0 Å². The molecule has 6 heteroatoms. The number of hydrogen-bond acceptors (Lipinski definition) is 4. The standard InChI is InChI=1S/C4H4FN3O2/c5-4-6-1-3(2-7-4)8(9)10/h1H,2H2,(H,6,7). The van der Waals surface area contributed by atoms with Gasteiger partial charge in [-0.25, -0.2) is 4.99 Å². The van der Waals surface area contributed by atoms with Crippen molar-refractivity contribution < 1.29 is 9.31 Å². The Labute approximate surface area is 55.4 Å². The van der Waals surface area contributed by atoms with Crippen LogP contribution in [-0.2, 0) is 0 Å². The van der Waals surface area contributed by atoms with Gasteiger partial charge in [-0.15, -0.1) is 0 Å². The van der Waals surface area contributed by atoms with Crippen LogP contribution < -0.4 is 5.32 Å². The lowest BCUT2D eigenvalue weighted by molar-refractivity contribution is -0.425. The number of nitrogens with zero attached hydrogens (tertiary/aromatic N) is 2. The summed E-state index contributed by atoms with van der Waals surface area (Å²) in [6.07, 6.45) is 0.202. The molecule has 0 spiro atoms. The molecule has 0 saturated heterocycles. The summed E-state index contributed by atoms with van der Waals surface area (Å²) in [5.41, 5.74) is -0.138. The second kappa shape index (κ2) is 2.42. The quantitative estimate of drug-likeness (QED) is 0.321. The van der Waals surface area contributed by atoms with Gasteiger partial charge in [-0.1, -0.05) is 0 Å². The van der Waals surface area contributed by atoms with E-state index in [1.165, 1.54) is 0 Å². The van der Waals surface area contributed by atoms with Crippen molar-refractivity contribution in [3.8, 4) is 0 Å². The first-order valence-corrected chi connectivity index (χ1v) is 2.50. The van der Waals surface area contributed by atoms with Crippen LogP contribution in [0.3, 0.4) is 0 Å². The molecule has 0 amide bonds. The highest BCUT2D eigenvalue weighted by Crippen LogP contribution is 1.99. The summed E-state index contributed by atoms with van der Waals surface area (Å²) in [5, 5.41) is 12.0. The van der Waals surface area contributed by atoms with E-state index < -0.39 is 11.0 Å². The Morgan fingerprint density at radius 2 is 2.60 bits per heavy atom. The highest BCUT2D eigenvalue weighted by molar-refractivity contribution is 5.74. The Hall–Kier alpha value is -1.46. The van der Waals surface area contributed by atoms with Crippen molar-refractivity contribution >= 4 is 6.09 Å². The molecule has 1 heterocycles. The number of halogens is 1. The van der Waals surface area contributed by atoms with E-state index in [1.54, 1.807) is 0 Å². The van der Waals surface area contributed by atoms with Crippen LogP contribution in [0, 0.1) is 10.1 Å². The van der Waals surface area contributed by atoms with Crippen molar-refractivity contribution in [2.75, 3.05) is 6.54 Å². The SMILES string of the molecule is O=[N+]([O-])C1=CNC(F)=NC1. The van der Waals surface area contributed by atoms with Crippen LogP contribution in [0.25, 0.3) is 0 Å². The van der Waals surface area contributed by atoms with E-state index in [4.69, 9.17) is 0 Å². The van der Waals surface area contributed by atoms with Crippen LogP contribution >= 0.6 is 0 Å². The van der Waals surface area contributed by atoms with Crippen LogP contribution in [-0.4, -0.2) is 17.6 Å². The summed E-state index contributed by atoms with van der Waals surface area (Å²) in [5.74, 6) is 0. The van der Waals surface area contributed by atoms with Crippen LogP contribution in [0.2, 0.25) is 0 Å². The van der Waals surface area contributed by atoms with Crippen LogP contribution in [0.15, 0.2) is 16.9 Å². The van der Waals surface area contributed by atoms with Gasteiger partial charge in [-0.05, 0) is 0 Å². The molecule has 1 N–H and O–H groups in total. The highest BCUT2D eigenvalue weighted by Gasteiger charge is 2.14. The van der Waals surface area contributed by atoms with Crippen molar-refractivity contribution in [3.05, 3.63) is 22.0 Å². The fraction of sp³-hybridized carbons (Fsp3) is 0.250. The van der Waals surface area contributed by atoms with Crippen molar-refractivity contribution in [2.45, 2.75) is 0 Å². The van der Waals surface area contributed by atoms with Gasteiger partial charge in [0.1, 0.15) is 6.54 Å². The van der Waals surface area contributed by atoms with E-state index in [1.807, 2.05) is 5.32 Å². The maximum absolute atomic E-state index is 12.0. The normalized spacial score (nSPS) is 16.9. The Bertz CT molecular complexity index is 223. The summed E-state index contributed by atoms with van der Waals surface area (Å²) in [6.45, 7) is -0.203.